The van der Waals surface area contributed by atoms with Crippen LogP contribution in [0.5, 0.6) is 0 Å². The summed E-state index contributed by atoms with van der Waals surface area (Å²) in [6.45, 7) is 2.12. The van der Waals surface area contributed by atoms with Crippen LogP contribution in [0.4, 0.5) is 0 Å². The molecule has 0 saturated carbocycles. The van der Waals surface area contributed by atoms with Crippen LogP contribution in [-0.2, 0) is 11.2 Å². The highest BCUT2D eigenvalue weighted by Crippen LogP contribution is 2.29. The van der Waals surface area contributed by atoms with Crippen LogP contribution in [0.3, 0.4) is 0 Å². The maximum absolute atomic E-state index is 12.8. The lowest BCUT2D eigenvalue weighted by Gasteiger charge is -2.36. The molecule has 5 rings (SSSR count). The molecule has 2 amide bonds. The van der Waals surface area contributed by atoms with Gasteiger partial charge in [0.05, 0.1) is 11.8 Å². The third kappa shape index (κ3) is 4.02. The highest BCUT2D eigenvalue weighted by Gasteiger charge is 2.38. The number of amides is 2. The van der Waals surface area contributed by atoms with E-state index >= 15 is 0 Å². The zero-order valence-corrected chi connectivity index (χ0v) is 15.4. The van der Waals surface area contributed by atoms with E-state index in [1.165, 1.54) is 0 Å². The molecule has 1 N–H and O–H groups in total. The molecule has 2 aromatic heterocycles. The first-order valence-electron chi connectivity index (χ1n) is 9.67. The fraction of sp³-hybridized carbons (Fsp3) is 0.500. The lowest BCUT2D eigenvalue weighted by atomic mass is 9.94. The van der Waals surface area contributed by atoms with Crippen molar-refractivity contribution in [2.75, 3.05) is 19.6 Å². The minimum Gasteiger partial charge on any atom is -0.338 e. The number of rotatable bonds is 5. The first-order valence-corrected chi connectivity index (χ1v) is 9.67. The maximum atomic E-state index is 12.8. The summed E-state index contributed by atoms with van der Waals surface area (Å²) < 4.78 is 0. The van der Waals surface area contributed by atoms with E-state index in [0.717, 1.165) is 44.3 Å². The zero-order chi connectivity index (χ0) is 18.6. The Balaban J connectivity index is 1.37. The largest absolute Gasteiger partial charge is 0.338 e. The molecule has 3 fully saturated rings. The van der Waals surface area contributed by atoms with Crippen LogP contribution in [0, 0.1) is 5.92 Å². The number of nitrogens with one attached hydrogen (secondary N) is 1. The Morgan fingerprint density at radius 3 is 2.89 bits per heavy atom. The number of hydrogen-bond acceptors (Lipinski definition) is 4. The SMILES string of the molecule is O=C(c1cccnc1)N1CC2CCC(C1)N(C(=O)CCCc1cn[nH]c1)C2. The second-order valence-corrected chi connectivity index (χ2v) is 7.56. The Bertz CT molecular complexity index is 777. The lowest BCUT2D eigenvalue weighted by Crippen LogP contribution is -2.47. The van der Waals surface area contributed by atoms with E-state index in [1.54, 1.807) is 30.7 Å². The van der Waals surface area contributed by atoms with Crippen LogP contribution < -0.4 is 0 Å². The number of fused-ring (bicyclic) bond motifs is 4. The lowest BCUT2D eigenvalue weighted by molar-refractivity contribution is -0.135. The predicted molar refractivity (Wildman–Crippen MR) is 99.9 cm³/mol. The Morgan fingerprint density at radius 1 is 1.19 bits per heavy atom. The van der Waals surface area contributed by atoms with Crippen molar-refractivity contribution < 1.29 is 9.59 Å². The van der Waals surface area contributed by atoms with Crippen molar-refractivity contribution in [2.45, 2.75) is 38.1 Å². The van der Waals surface area contributed by atoms with Crippen molar-refractivity contribution in [3.8, 4) is 0 Å². The van der Waals surface area contributed by atoms with Crippen LogP contribution in [0.1, 0.15) is 41.6 Å². The van der Waals surface area contributed by atoms with Gasteiger partial charge in [0.25, 0.3) is 5.91 Å². The topological polar surface area (TPSA) is 82.2 Å². The number of aryl methyl sites for hydroxylation is 1. The molecular formula is C20H25N5O2. The minimum absolute atomic E-state index is 0.0225. The monoisotopic (exact) mass is 367 g/mol. The molecule has 0 radical (unpaired) electrons. The molecule has 3 aliphatic heterocycles. The van der Waals surface area contributed by atoms with Gasteiger partial charge in [-0.15, -0.1) is 0 Å². The molecule has 142 valence electrons. The summed E-state index contributed by atoms with van der Waals surface area (Å²) in [5, 5.41) is 6.74. The van der Waals surface area contributed by atoms with E-state index in [-0.39, 0.29) is 17.9 Å². The number of carbonyl (C=O) groups is 2. The maximum Gasteiger partial charge on any atom is 0.255 e. The van der Waals surface area contributed by atoms with Gasteiger partial charge >= 0.3 is 0 Å². The minimum atomic E-state index is 0.0225. The second-order valence-electron chi connectivity index (χ2n) is 7.56. The molecule has 7 nitrogen and oxygen atoms in total. The summed E-state index contributed by atoms with van der Waals surface area (Å²) in [5.41, 5.74) is 1.75. The molecule has 3 saturated heterocycles. The highest BCUT2D eigenvalue weighted by molar-refractivity contribution is 5.94. The van der Waals surface area contributed by atoms with Gasteiger partial charge in [0.2, 0.25) is 5.91 Å². The van der Waals surface area contributed by atoms with Crippen molar-refractivity contribution >= 4 is 11.8 Å². The number of pyridine rings is 1. The van der Waals surface area contributed by atoms with Crippen molar-refractivity contribution in [1.29, 1.82) is 0 Å². The van der Waals surface area contributed by atoms with Gasteiger partial charge < -0.3 is 9.80 Å². The molecule has 27 heavy (non-hydrogen) atoms. The zero-order valence-electron chi connectivity index (χ0n) is 15.4. The van der Waals surface area contributed by atoms with Gasteiger partial charge in [-0.3, -0.25) is 19.7 Å². The van der Waals surface area contributed by atoms with Gasteiger partial charge in [-0.2, -0.15) is 5.10 Å². The van der Waals surface area contributed by atoms with Crippen molar-refractivity contribution in [2.24, 2.45) is 5.92 Å². The van der Waals surface area contributed by atoms with Crippen LogP contribution in [0.15, 0.2) is 36.9 Å². The Hall–Kier alpha value is -2.70. The molecule has 7 heteroatoms. The van der Waals surface area contributed by atoms with E-state index < -0.39 is 0 Å². The quantitative estimate of drug-likeness (QED) is 0.875. The number of aromatic nitrogens is 3. The molecule has 2 unspecified atom stereocenters. The molecule has 5 heterocycles. The van der Waals surface area contributed by atoms with Gasteiger partial charge in [-0.05, 0) is 49.3 Å². The molecule has 3 aliphatic rings. The number of aromatic amines is 1. The number of carbonyl (C=O) groups excluding carboxylic acids is 2. The third-order valence-corrected chi connectivity index (χ3v) is 5.64. The van der Waals surface area contributed by atoms with Gasteiger partial charge in [0.15, 0.2) is 0 Å². The van der Waals surface area contributed by atoms with E-state index in [0.29, 0.717) is 24.4 Å². The third-order valence-electron chi connectivity index (χ3n) is 5.64. The van der Waals surface area contributed by atoms with Gasteiger partial charge in [-0.1, -0.05) is 0 Å². The summed E-state index contributed by atoms with van der Waals surface area (Å²) in [5.74, 6) is 0.598. The Morgan fingerprint density at radius 2 is 2.11 bits per heavy atom. The summed E-state index contributed by atoms with van der Waals surface area (Å²) in [7, 11) is 0. The van der Waals surface area contributed by atoms with Crippen LogP contribution >= 0.6 is 0 Å². The summed E-state index contributed by atoms with van der Waals surface area (Å²) in [6.07, 6.45) is 11.3. The Kier molecular flexibility index (Phi) is 5.18. The Labute approximate surface area is 158 Å². The standard InChI is InChI=1S/C20H25N5O2/c26-19(5-1-3-15-9-22-23-10-15)25-13-16-6-7-18(25)14-24(12-16)20(27)17-4-2-8-21-11-17/h2,4,8-11,16,18H,1,3,5-7,12-14H2,(H,22,23). The van der Waals surface area contributed by atoms with Gasteiger partial charge in [0.1, 0.15) is 0 Å². The molecule has 0 aromatic carbocycles. The van der Waals surface area contributed by atoms with Gasteiger partial charge in [0, 0.05) is 50.7 Å². The summed E-state index contributed by atoms with van der Waals surface area (Å²) in [4.78, 5) is 33.6. The summed E-state index contributed by atoms with van der Waals surface area (Å²) >= 11 is 0. The van der Waals surface area contributed by atoms with Gasteiger partial charge in [-0.25, -0.2) is 0 Å². The average molecular weight is 367 g/mol. The molecule has 0 aliphatic carbocycles. The molecule has 2 aromatic rings. The molecule has 2 bridgehead atoms. The average Bonchev–Trinajstić information content (AvgIpc) is 3.05. The normalized spacial score (nSPS) is 21.9. The van der Waals surface area contributed by atoms with Crippen LogP contribution in [-0.4, -0.2) is 62.5 Å². The number of H-pyrrole nitrogens is 1. The first-order chi connectivity index (χ1) is 13.2. The molecular weight excluding hydrogens is 342 g/mol. The van der Waals surface area contributed by atoms with E-state index in [4.69, 9.17) is 0 Å². The molecule has 2 atom stereocenters. The van der Waals surface area contributed by atoms with Crippen molar-refractivity contribution in [3.05, 3.63) is 48.0 Å². The smallest absolute Gasteiger partial charge is 0.255 e. The van der Waals surface area contributed by atoms with E-state index in [9.17, 15) is 9.59 Å². The fourth-order valence-corrected chi connectivity index (χ4v) is 4.23. The van der Waals surface area contributed by atoms with E-state index in [2.05, 4.69) is 15.2 Å². The number of piperidine rings is 1. The predicted octanol–water partition coefficient (Wildman–Crippen LogP) is 1.89. The van der Waals surface area contributed by atoms with Crippen LogP contribution in [0.25, 0.3) is 0 Å². The van der Waals surface area contributed by atoms with Crippen molar-refractivity contribution in [3.63, 3.8) is 0 Å². The van der Waals surface area contributed by atoms with E-state index in [1.807, 2.05) is 16.0 Å². The highest BCUT2D eigenvalue weighted by atomic mass is 16.2. The van der Waals surface area contributed by atoms with Crippen molar-refractivity contribution in [1.82, 2.24) is 25.0 Å². The number of hydrogen-bond donors (Lipinski definition) is 1. The summed E-state index contributed by atoms with van der Waals surface area (Å²) in [6, 6.07) is 3.72. The molecule has 0 spiro atoms. The second kappa shape index (κ2) is 7.90. The fourth-order valence-electron chi connectivity index (χ4n) is 4.23. The number of nitrogens with zero attached hydrogens (tertiary/aromatic N) is 4. The first kappa shape index (κ1) is 17.7. The van der Waals surface area contributed by atoms with Crippen LogP contribution in [0.2, 0.25) is 0 Å².